The lowest BCUT2D eigenvalue weighted by atomic mass is 9.73. The van der Waals surface area contributed by atoms with Crippen LogP contribution in [0.3, 0.4) is 0 Å². The molecular weight excluding hydrogens is 282 g/mol. The molecule has 2 fully saturated rings. The zero-order valence-electron chi connectivity index (χ0n) is 13.7. The Kier molecular flexibility index (Phi) is 7.09. The third-order valence-electron chi connectivity index (χ3n) is 5.37. The molecule has 2 rings (SSSR count). The largest absolute Gasteiger partial charge is 0.313 e. The van der Waals surface area contributed by atoms with Crippen LogP contribution in [-0.2, 0) is 0 Å². The van der Waals surface area contributed by atoms with Gasteiger partial charge in [-0.1, -0.05) is 53.4 Å². The fraction of sp³-hybridized carbons (Fsp3) is 1.00. The second-order valence-electron chi connectivity index (χ2n) is 6.62. The van der Waals surface area contributed by atoms with Crippen LogP contribution >= 0.6 is 23.5 Å². The van der Waals surface area contributed by atoms with Gasteiger partial charge in [-0.3, -0.25) is 0 Å². The van der Waals surface area contributed by atoms with Crippen molar-refractivity contribution in [3.05, 3.63) is 0 Å². The van der Waals surface area contributed by atoms with E-state index < -0.39 is 0 Å². The van der Waals surface area contributed by atoms with Crippen LogP contribution in [0.5, 0.6) is 0 Å². The molecule has 3 heteroatoms. The molecule has 0 aromatic carbocycles. The minimum Gasteiger partial charge on any atom is -0.313 e. The van der Waals surface area contributed by atoms with E-state index in [4.69, 9.17) is 0 Å². The second kappa shape index (κ2) is 8.33. The van der Waals surface area contributed by atoms with Crippen LogP contribution in [0.1, 0.15) is 59.8 Å². The molecule has 6 atom stereocenters. The Hall–Kier alpha value is 0.660. The molecule has 1 nitrogen and oxygen atoms in total. The van der Waals surface area contributed by atoms with Gasteiger partial charge in [0.2, 0.25) is 0 Å². The normalized spacial score (nSPS) is 40.5. The summed E-state index contributed by atoms with van der Waals surface area (Å²) < 4.78 is 0. The first-order chi connectivity index (χ1) is 9.67. The predicted molar refractivity (Wildman–Crippen MR) is 96.0 cm³/mol. The maximum absolute atomic E-state index is 3.89. The maximum atomic E-state index is 3.89. The van der Waals surface area contributed by atoms with Gasteiger partial charge in [-0.05, 0) is 24.8 Å². The fourth-order valence-electron chi connectivity index (χ4n) is 4.01. The van der Waals surface area contributed by atoms with Gasteiger partial charge in [-0.25, -0.2) is 0 Å². The molecule has 1 N–H and O–H groups in total. The van der Waals surface area contributed by atoms with Crippen molar-refractivity contribution in [2.75, 3.05) is 12.3 Å². The first-order valence-corrected chi connectivity index (χ1v) is 10.7. The SMILES string of the molecule is CCNC(C1CSC(C)C(C)S1)C1CCCCC1CC. The average molecular weight is 316 g/mol. The number of hydrogen-bond acceptors (Lipinski definition) is 3. The summed E-state index contributed by atoms with van der Waals surface area (Å²) in [5.74, 6) is 3.24. The Morgan fingerprint density at radius 1 is 1.10 bits per heavy atom. The van der Waals surface area contributed by atoms with Gasteiger partial charge in [0.1, 0.15) is 0 Å². The highest BCUT2D eigenvalue weighted by atomic mass is 32.2. The highest BCUT2D eigenvalue weighted by Crippen LogP contribution is 2.43. The summed E-state index contributed by atoms with van der Waals surface area (Å²) in [5, 5.41) is 6.34. The Morgan fingerprint density at radius 2 is 1.85 bits per heavy atom. The van der Waals surface area contributed by atoms with E-state index in [0.29, 0.717) is 0 Å². The quantitative estimate of drug-likeness (QED) is 0.782. The van der Waals surface area contributed by atoms with Gasteiger partial charge in [-0.15, -0.1) is 0 Å². The van der Waals surface area contributed by atoms with Gasteiger partial charge >= 0.3 is 0 Å². The van der Waals surface area contributed by atoms with Crippen LogP contribution in [-0.4, -0.2) is 34.1 Å². The molecular formula is C17H33NS2. The zero-order chi connectivity index (χ0) is 14.5. The highest BCUT2D eigenvalue weighted by molar-refractivity contribution is 8.07. The summed E-state index contributed by atoms with van der Waals surface area (Å²) in [7, 11) is 0. The summed E-state index contributed by atoms with van der Waals surface area (Å²) in [6.07, 6.45) is 7.23. The Balaban J connectivity index is 2.05. The molecule has 1 saturated heterocycles. The molecule has 0 bridgehead atoms. The standard InChI is InChI=1S/C17H33NS2/c1-5-14-9-7-8-10-15(14)17(18-6-2)16-11-19-12(3)13(4)20-16/h12-18H,5-11H2,1-4H3. The first-order valence-electron chi connectivity index (χ1n) is 8.67. The van der Waals surface area contributed by atoms with Crippen LogP contribution in [0.4, 0.5) is 0 Å². The van der Waals surface area contributed by atoms with Crippen LogP contribution in [0.15, 0.2) is 0 Å². The van der Waals surface area contributed by atoms with Crippen molar-refractivity contribution in [1.82, 2.24) is 5.32 Å². The van der Waals surface area contributed by atoms with Crippen molar-refractivity contribution >= 4 is 23.5 Å². The van der Waals surface area contributed by atoms with Crippen molar-refractivity contribution in [1.29, 1.82) is 0 Å². The highest BCUT2D eigenvalue weighted by Gasteiger charge is 2.38. The monoisotopic (exact) mass is 315 g/mol. The zero-order valence-corrected chi connectivity index (χ0v) is 15.4. The smallest absolute Gasteiger partial charge is 0.0297 e. The van der Waals surface area contributed by atoms with Crippen LogP contribution in [0.2, 0.25) is 0 Å². The molecule has 0 amide bonds. The minimum absolute atomic E-state index is 0.748. The molecule has 0 aromatic rings. The first kappa shape index (κ1) is 17.0. The Bertz CT molecular complexity index is 284. The summed E-state index contributed by atoms with van der Waals surface area (Å²) in [6.45, 7) is 10.6. The van der Waals surface area contributed by atoms with E-state index in [1.807, 2.05) is 0 Å². The van der Waals surface area contributed by atoms with Gasteiger partial charge in [0.15, 0.2) is 0 Å². The molecule has 20 heavy (non-hydrogen) atoms. The van der Waals surface area contributed by atoms with E-state index in [-0.39, 0.29) is 0 Å². The van der Waals surface area contributed by atoms with E-state index in [2.05, 4.69) is 56.5 Å². The van der Waals surface area contributed by atoms with Crippen molar-refractivity contribution in [2.24, 2.45) is 11.8 Å². The van der Waals surface area contributed by atoms with E-state index >= 15 is 0 Å². The topological polar surface area (TPSA) is 12.0 Å². The molecule has 2 aliphatic rings. The van der Waals surface area contributed by atoms with Crippen LogP contribution < -0.4 is 5.32 Å². The van der Waals surface area contributed by atoms with E-state index in [9.17, 15) is 0 Å². The Morgan fingerprint density at radius 3 is 2.50 bits per heavy atom. The van der Waals surface area contributed by atoms with Crippen molar-refractivity contribution in [2.45, 2.75) is 81.6 Å². The number of thioether (sulfide) groups is 2. The molecule has 1 saturated carbocycles. The summed E-state index contributed by atoms with van der Waals surface area (Å²) in [6, 6.07) is 0.748. The van der Waals surface area contributed by atoms with Gasteiger partial charge in [-0.2, -0.15) is 23.5 Å². The fourth-order valence-corrected chi connectivity index (χ4v) is 7.20. The molecule has 118 valence electrons. The summed E-state index contributed by atoms with van der Waals surface area (Å²) in [5.41, 5.74) is 0. The maximum Gasteiger partial charge on any atom is 0.0297 e. The van der Waals surface area contributed by atoms with Crippen molar-refractivity contribution in [3.63, 3.8) is 0 Å². The van der Waals surface area contributed by atoms with E-state index in [1.54, 1.807) is 0 Å². The van der Waals surface area contributed by atoms with Crippen molar-refractivity contribution < 1.29 is 0 Å². The third kappa shape index (κ3) is 4.10. The molecule has 0 aromatic heterocycles. The molecule has 1 aliphatic heterocycles. The van der Waals surface area contributed by atoms with Gasteiger partial charge in [0.05, 0.1) is 0 Å². The second-order valence-corrected chi connectivity index (χ2v) is 9.65. The lowest BCUT2D eigenvalue weighted by molar-refractivity contribution is 0.176. The molecule has 0 spiro atoms. The third-order valence-corrected chi connectivity index (χ3v) is 8.88. The van der Waals surface area contributed by atoms with Gasteiger partial charge in [0, 0.05) is 27.5 Å². The van der Waals surface area contributed by atoms with Gasteiger partial charge < -0.3 is 5.32 Å². The minimum atomic E-state index is 0.748. The van der Waals surface area contributed by atoms with Gasteiger partial charge in [0.25, 0.3) is 0 Å². The lowest BCUT2D eigenvalue weighted by Gasteiger charge is -2.44. The number of hydrogen-bond donors (Lipinski definition) is 1. The molecule has 1 aliphatic carbocycles. The lowest BCUT2D eigenvalue weighted by Crippen LogP contribution is -2.50. The Labute approximate surface area is 134 Å². The molecule has 1 heterocycles. The summed E-state index contributed by atoms with van der Waals surface area (Å²) >= 11 is 4.47. The average Bonchev–Trinajstić information content (AvgIpc) is 2.48. The van der Waals surface area contributed by atoms with E-state index in [0.717, 1.165) is 40.2 Å². The summed E-state index contributed by atoms with van der Waals surface area (Å²) in [4.78, 5) is 0. The number of rotatable bonds is 5. The molecule has 0 radical (unpaired) electrons. The van der Waals surface area contributed by atoms with E-state index in [1.165, 1.54) is 37.9 Å². The predicted octanol–water partition coefficient (Wildman–Crippen LogP) is 4.81. The molecule has 6 unspecified atom stereocenters. The number of nitrogens with one attached hydrogen (secondary N) is 1. The van der Waals surface area contributed by atoms with Crippen LogP contribution in [0.25, 0.3) is 0 Å². The van der Waals surface area contributed by atoms with Crippen molar-refractivity contribution in [3.8, 4) is 0 Å². The van der Waals surface area contributed by atoms with Crippen LogP contribution in [0, 0.1) is 11.8 Å².